The smallest absolute Gasteiger partial charge is 0.161 e. The molecular formula is C14H17NO3. The molecule has 0 saturated carbocycles. The summed E-state index contributed by atoms with van der Waals surface area (Å²) in [5.41, 5.74) is 1.05. The third-order valence-corrected chi connectivity index (χ3v) is 3.47. The number of ketones is 1. The van der Waals surface area contributed by atoms with Crippen molar-refractivity contribution in [2.45, 2.75) is 18.8 Å². The molecular weight excluding hydrogens is 230 g/mol. The van der Waals surface area contributed by atoms with E-state index in [0.717, 1.165) is 36.4 Å². The molecule has 1 saturated heterocycles. The van der Waals surface area contributed by atoms with Crippen molar-refractivity contribution in [2.75, 3.05) is 26.3 Å². The molecule has 2 heterocycles. The summed E-state index contributed by atoms with van der Waals surface area (Å²) in [6, 6.07) is 5.88. The summed E-state index contributed by atoms with van der Waals surface area (Å²) in [6.45, 7) is 2.74. The molecule has 1 N–H and O–H groups in total. The van der Waals surface area contributed by atoms with Crippen LogP contribution in [-0.4, -0.2) is 32.1 Å². The molecule has 0 aliphatic carbocycles. The van der Waals surface area contributed by atoms with Crippen molar-refractivity contribution in [1.82, 2.24) is 5.32 Å². The number of hydrogen-bond acceptors (Lipinski definition) is 4. The van der Waals surface area contributed by atoms with Gasteiger partial charge in [-0.05, 0) is 30.7 Å². The van der Waals surface area contributed by atoms with E-state index in [1.54, 1.807) is 0 Å². The number of ether oxygens (including phenoxy) is 2. The lowest BCUT2D eigenvalue weighted by Gasteiger charge is -2.22. The van der Waals surface area contributed by atoms with Gasteiger partial charge in [-0.3, -0.25) is 4.79 Å². The number of fused-ring (bicyclic) bond motifs is 1. The number of carbonyl (C=O) groups is 1. The van der Waals surface area contributed by atoms with E-state index in [-0.39, 0.29) is 11.7 Å². The number of hydrogen-bond donors (Lipinski definition) is 1. The molecule has 0 spiro atoms. The van der Waals surface area contributed by atoms with E-state index in [1.807, 2.05) is 18.2 Å². The van der Waals surface area contributed by atoms with Gasteiger partial charge >= 0.3 is 0 Å². The monoisotopic (exact) mass is 247 g/mol. The first-order valence-electron chi connectivity index (χ1n) is 6.47. The van der Waals surface area contributed by atoms with Gasteiger partial charge in [0, 0.05) is 12.3 Å². The first kappa shape index (κ1) is 11.5. The van der Waals surface area contributed by atoms with Gasteiger partial charge in [-0.1, -0.05) is 6.07 Å². The Balaban J connectivity index is 1.88. The van der Waals surface area contributed by atoms with Crippen molar-refractivity contribution in [2.24, 2.45) is 0 Å². The fourth-order valence-electron chi connectivity index (χ4n) is 2.49. The molecule has 0 amide bonds. The molecule has 4 heteroatoms. The van der Waals surface area contributed by atoms with Crippen LogP contribution in [0.4, 0.5) is 0 Å². The van der Waals surface area contributed by atoms with E-state index in [1.165, 1.54) is 0 Å². The lowest BCUT2D eigenvalue weighted by atomic mass is 9.89. The van der Waals surface area contributed by atoms with E-state index < -0.39 is 0 Å². The summed E-state index contributed by atoms with van der Waals surface area (Å²) in [7, 11) is 0. The summed E-state index contributed by atoms with van der Waals surface area (Å²) >= 11 is 0. The second-order valence-electron chi connectivity index (χ2n) is 4.74. The van der Waals surface area contributed by atoms with E-state index in [4.69, 9.17) is 9.47 Å². The van der Waals surface area contributed by atoms with Crippen LogP contribution in [0.15, 0.2) is 18.2 Å². The van der Waals surface area contributed by atoms with Crippen LogP contribution < -0.4 is 14.8 Å². The van der Waals surface area contributed by atoms with Crippen LogP contribution in [0.25, 0.3) is 0 Å². The van der Waals surface area contributed by atoms with Crippen molar-refractivity contribution >= 4 is 5.78 Å². The van der Waals surface area contributed by atoms with Crippen molar-refractivity contribution < 1.29 is 14.3 Å². The molecule has 2 aliphatic heterocycles. The van der Waals surface area contributed by atoms with E-state index in [9.17, 15) is 4.79 Å². The maximum atomic E-state index is 11.9. The molecule has 4 nitrogen and oxygen atoms in total. The van der Waals surface area contributed by atoms with Crippen LogP contribution in [0.5, 0.6) is 11.5 Å². The zero-order chi connectivity index (χ0) is 12.4. The lowest BCUT2D eigenvalue weighted by molar-refractivity contribution is -0.120. The van der Waals surface area contributed by atoms with E-state index >= 15 is 0 Å². The Kier molecular flexibility index (Phi) is 3.19. The maximum Gasteiger partial charge on any atom is 0.161 e. The van der Waals surface area contributed by atoms with Gasteiger partial charge in [0.05, 0.1) is 19.8 Å². The number of carbonyl (C=O) groups excluding carboxylic acids is 1. The van der Waals surface area contributed by atoms with Gasteiger partial charge < -0.3 is 14.8 Å². The Labute approximate surface area is 106 Å². The normalized spacial score (nSPS) is 23.6. The minimum Gasteiger partial charge on any atom is -0.490 e. The quantitative estimate of drug-likeness (QED) is 0.817. The summed E-state index contributed by atoms with van der Waals surface area (Å²) in [6.07, 6.45) is 1.76. The summed E-state index contributed by atoms with van der Waals surface area (Å²) in [5, 5.41) is 3.10. The van der Waals surface area contributed by atoms with Crippen molar-refractivity contribution in [1.29, 1.82) is 0 Å². The molecule has 1 aromatic carbocycles. The van der Waals surface area contributed by atoms with Crippen LogP contribution in [0, 0.1) is 0 Å². The average Bonchev–Trinajstić information content (AvgIpc) is 2.63. The van der Waals surface area contributed by atoms with E-state index in [2.05, 4.69) is 5.32 Å². The fourth-order valence-corrected chi connectivity index (χ4v) is 2.49. The third kappa shape index (κ3) is 2.20. The summed E-state index contributed by atoms with van der Waals surface area (Å²) < 4.78 is 11.3. The third-order valence-electron chi connectivity index (χ3n) is 3.47. The average molecular weight is 247 g/mol. The van der Waals surface area contributed by atoms with Crippen molar-refractivity contribution in [3.63, 3.8) is 0 Å². The van der Waals surface area contributed by atoms with Gasteiger partial charge in [0.25, 0.3) is 0 Å². The minimum atomic E-state index is 0.00315. The molecule has 0 radical (unpaired) electrons. The molecule has 18 heavy (non-hydrogen) atoms. The highest BCUT2D eigenvalue weighted by molar-refractivity contribution is 5.88. The Morgan fingerprint density at radius 2 is 2.00 bits per heavy atom. The standard InChI is InChI=1S/C14H17NO3/c16-12-9-15-5-4-11(12)10-2-3-13-14(8-10)18-7-1-6-17-13/h2-3,8,11,15H,1,4-7,9H2. The number of piperidine rings is 1. The van der Waals surface area contributed by atoms with Crippen LogP contribution >= 0.6 is 0 Å². The highest BCUT2D eigenvalue weighted by atomic mass is 16.5. The largest absolute Gasteiger partial charge is 0.490 e. The van der Waals surface area contributed by atoms with Gasteiger partial charge in [-0.25, -0.2) is 0 Å². The van der Waals surface area contributed by atoms with Crippen molar-refractivity contribution in [3.8, 4) is 11.5 Å². The van der Waals surface area contributed by atoms with Gasteiger partial charge in [0.1, 0.15) is 0 Å². The number of rotatable bonds is 1. The van der Waals surface area contributed by atoms with E-state index in [0.29, 0.717) is 19.8 Å². The Morgan fingerprint density at radius 3 is 2.83 bits per heavy atom. The first-order chi connectivity index (χ1) is 8.84. The van der Waals surface area contributed by atoms with Gasteiger partial charge in [0.2, 0.25) is 0 Å². The highest BCUT2D eigenvalue weighted by Gasteiger charge is 2.24. The molecule has 2 aliphatic rings. The fraction of sp³-hybridized carbons (Fsp3) is 0.500. The van der Waals surface area contributed by atoms with Crippen LogP contribution in [0.3, 0.4) is 0 Å². The van der Waals surface area contributed by atoms with Gasteiger partial charge in [0.15, 0.2) is 17.3 Å². The molecule has 0 bridgehead atoms. The van der Waals surface area contributed by atoms with Gasteiger partial charge in [-0.2, -0.15) is 0 Å². The van der Waals surface area contributed by atoms with Gasteiger partial charge in [-0.15, -0.1) is 0 Å². The number of Topliss-reactive ketones (excluding diaryl/α,β-unsaturated/α-hetero) is 1. The molecule has 1 fully saturated rings. The predicted octanol–water partition coefficient (Wildman–Crippen LogP) is 1.49. The predicted molar refractivity (Wildman–Crippen MR) is 67.3 cm³/mol. The molecule has 1 aromatic rings. The molecule has 3 rings (SSSR count). The minimum absolute atomic E-state index is 0.00315. The highest BCUT2D eigenvalue weighted by Crippen LogP contribution is 2.34. The second kappa shape index (κ2) is 4.98. The molecule has 1 unspecified atom stereocenters. The van der Waals surface area contributed by atoms with Crippen LogP contribution in [-0.2, 0) is 4.79 Å². The van der Waals surface area contributed by atoms with Crippen LogP contribution in [0.1, 0.15) is 24.3 Å². The molecule has 1 atom stereocenters. The topological polar surface area (TPSA) is 47.6 Å². The number of benzene rings is 1. The summed E-state index contributed by atoms with van der Waals surface area (Å²) in [5.74, 6) is 1.83. The lowest BCUT2D eigenvalue weighted by Crippen LogP contribution is -2.35. The second-order valence-corrected chi connectivity index (χ2v) is 4.74. The molecule has 0 aromatic heterocycles. The Hall–Kier alpha value is -1.55. The Morgan fingerprint density at radius 1 is 1.17 bits per heavy atom. The van der Waals surface area contributed by atoms with Crippen molar-refractivity contribution in [3.05, 3.63) is 23.8 Å². The summed E-state index contributed by atoms with van der Waals surface area (Å²) in [4.78, 5) is 11.9. The zero-order valence-corrected chi connectivity index (χ0v) is 10.3. The Bertz CT molecular complexity index is 458. The SMILES string of the molecule is O=C1CNCCC1c1ccc2c(c1)OCCCO2. The zero-order valence-electron chi connectivity index (χ0n) is 10.3. The van der Waals surface area contributed by atoms with Crippen LogP contribution in [0.2, 0.25) is 0 Å². The maximum absolute atomic E-state index is 11.9. The molecule has 96 valence electrons. The number of nitrogens with one attached hydrogen (secondary N) is 1. The first-order valence-corrected chi connectivity index (χ1v) is 6.47.